The molecule has 0 amide bonds. The number of hydrogen-bond donors (Lipinski definition) is 0. The normalized spacial score (nSPS) is 9.60. The topological polar surface area (TPSA) is 65.0 Å². The summed E-state index contributed by atoms with van der Waals surface area (Å²) < 4.78 is 5.30. The molecule has 2 rings (SSSR count). The zero-order valence-electron chi connectivity index (χ0n) is 7.70. The number of aldehydes is 1. The van der Waals surface area contributed by atoms with Gasteiger partial charge in [0, 0.05) is 0 Å². The molecule has 0 saturated heterocycles. The SMILES string of the molecule is O=Cc1ncnc(Oc2ccccc2)n1. The van der Waals surface area contributed by atoms with E-state index in [-0.39, 0.29) is 11.8 Å². The number of carbonyl (C=O) groups excluding carboxylic acids is 1. The van der Waals surface area contributed by atoms with E-state index < -0.39 is 0 Å². The summed E-state index contributed by atoms with van der Waals surface area (Å²) in [5.74, 6) is 0.663. The van der Waals surface area contributed by atoms with E-state index in [4.69, 9.17) is 4.74 Å². The van der Waals surface area contributed by atoms with Gasteiger partial charge in [-0.15, -0.1) is 0 Å². The number of aromatic nitrogens is 3. The third-order valence-corrected chi connectivity index (χ3v) is 1.63. The second-order valence-corrected chi connectivity index (χ2v) is 2.66. The van der Waals surface area contributed by atoms with Crippen LogP contribution < -0.4 is 4.74 Å². The van der Waals surface area contributed by atoms with Gasteiger partial charge in [-0.2, -0.15) is 9.97 Å². The molecule has 0 radical (unpaired) electrons. The van der Waals surface area contributed by atoms with Crippen LogP contribution in [0.1, 0.15) is 10.6 Å². The quantitative estimate of drug-likeness (QED) is 0.703. The lowest BCUT2D eigenvalue weighted by atomic mass is 10.3. The van der Waals surface area contributed by atoms with Gasteiger partial charge in [0.25, 0.3) is 0 Å². The maximum absolute atomic E-state index is 10.4. The van der Waals surface area contributed by atoms with Crippen molar-refractivity contribution >= 4 is 6.29 Å². The number of benzene rings is 1. The fourth-order valence-electron chi connectivity index (χ4n) is 0.993. The molecule has 0 aliphatic rings. The maximum Gasteiger partial charge on any atom is 0.325 e. The second kappa shape index (κ2) is 4.28. The van der Waals surface area contributed by atoms with E-state index in [0.717, 1.165) is 0 Å². The zero-order chi connectivity index (χ0) is 10.5. The predicted molar refractivity (Wildman–Crippen MR) is 51.7 cm³/mol. The summed E-state index contributed by atoms with van der Waals surface area (Å²) in [6, 6.07) is 9.18. The van der Waals surface area contributed by atoms with Crippen molar-refractivity contribution in [3.05, 3.63) is 42.5 Å². The lowest BCUT2D eigenvalue weighted by Gasteiger charge is -2.01. The molecule has 0 spiro atoms. The highest BCUT2D eigenvalue weighted by molar-refractivity contribution is 5.68. The smallest absolute Gasteiger partial charge is 0.325 e. The molecule has 5 heteroatoms. The minimum absolute atomic E-state index is 0.0518. The summed E-state index contributed by atoms with van der Waals surface area (Å²) in [5, 5.41) is 0. The monoisotopic (exact) mass is 201 g/mol. The van der Waals surface area contributed by atoms with Crippen molar-refractivity contribution in [2.24, 2.45) is 0 Å². The summed E-state index contributed by atoms with van der Waals surface area (Å²) in [6.07, 6.45) is 1.77. The van der Waals surface area contributed by atoms with E-state index in [1.54, 1.807) is 12.1 Å². The van der Waals surface area contributed by atoms with Crippen molar-refractivity contribution in [2.75, 3.05) is 0 Å². The minimum atomic E-state index is 0.0518. The van der Waals surface area contributed by atoms with E-state index in [9.17, 15) is 4.79 Å². The van der Waals surface area contributed by atoms with Crippen molar-refractivity contribution in [3.63, 3.8) is 0 Å². The Balaban J connectivity index is 2.21. The Morgan fingerprint density at radius 3 is 2.67 bits per heavy atom. The van der Waals surface area contributed by atoms with Crippen LogP contribution in [0.2, 0.25) is 0 Å². The summed E-state index contributed by atoms with van der Waals surface area (Å²) in [5.41, 5.74) is 0. The Morgan fingerprint density at radius 1 is 1.13 bits per heavy atom. The van der Waals surface area contributed by atoms with Gasteiger partial charge >= 0.3 is 6.01 Å². The van der Waals surface area contributed by atoms with Crippen LogP contribution in [0.15, 0.2) is 36.7 Å². The number of hydrogen-bond acceptors (Lipinski definition) is 5. The molecule has 0 aliphatic heterocycles. The first-order valence-corrected chi connectivity index (χ1v) is 4.25. The number of nitrogens with zero attached hydrogens (tertiary/aromatic N) is 3. The summed E-state index contributed by atoms with van der Waals surface area (Å²) in [4.78, 5) is 21.6. The highest BCUT2D eigenvalue weighted by Gasteiger charge is 2.01. The number of rotatable bonds is 3. The highest BCUT2D eigenvalue weighted by Crippen LogP contribution is 2.15. The van der Waals surface area contributed by atoms with E-state index in [1.807, 2.05) is 18.2 Å². The van der Waals surface area contributed by atoms with Crippen molar-refractivity contribution in [2.45, 2.75) is 0 Å². The maximum atomic E-state index is 10.4. The molecule has 1 aromatic heterocycles. The van der Waals surface area contributed by atoms with Crippen LogP contribution in [0.25, 0.3) is 0 Å². The van der Waals surface area contributed by atoms with Gasteiger partial charge in [0.2, 0.25) is 0 Å². The molecule has 15 heavy (non-hydrogen) atoms. The lowest BCUT2D eigenvalue weighted by Crippen LogP contribution is -1.97. The van der Waals surface area contributed by atoms with E-state index in [1.165, 1.54) is 6.33 Å². The molecule has 5 nitrogen and oxygen atoms in total. The molecule has 0 saturated carbocycles. The first-order valence-electron chi connectivity index (χ1n) is 4.25. The molecular weight excluding hydrogens is 194 g/mol. The van der Waals surface area contributed by atoms with Crippen LogP contribution in [0.4, 0.5) is 0 Å². The average Bonchev–Trinajstić information content (AvgIpc) is 2.31. The molecule has 0 fully saturated rings. The Kier molecular flexibility index (Phi) is 2.64. The molecule has 0 unspecified atom stereocenters. The van der Waals surface area contributed by atoms with Crippen molar-refractivity contribution < 1.29 is 9.53 Å². The molecule has 0 aliphatic carbocycles. The fraction of sp³-hybridized carbons (Fsp3) is 0. The van der Waals surface area contributed by atoms with Gasteiger partial charge < -0.3 is 4.74 Å². The Morgan fingerprint density at radius 2 is 1.93 bits per heavy atom. The van der Waals surface area contributed by atoms with Crippen LogP contribution >= 0.6 is 0 Å². The Labute approximate surface area is 85.8 Å². The standard InChI is InChI=1S/C10H7N3O2/c14-6-9-11-7-12-10(13-9)15-8-4-2-1-3-5-8/h1-7H. The van der Waals surface area contributed by atoms with E-state index in [2.05, 4.69) is 15.0 Å². The highest BCUT2D eigenvalue weighted by atomic mass is 16.5. The van der Waals surface area contributed by atoms with Gasteiger partial charge in [0.1, 0.15) is 12.1 Å². The van der Waals surface area contributed by atoms with Gasteiger partial charge in [0.05, 0.1) is 0 Å². The summed E-state index contributed by atoms with van der Waals surface area (Å²) in [7, 11) is 0. The van der Waals surface area contributed by atoms with Gasteiger partial charge in [-0.3, -0.25) is 4.79 Å². The molecule has 0 atom stereocenters. The van der Waals surface area contributed by atoms with E-state index >= 15 is 0 Å². The second-order valence-electron chi connectivity index (χ2n) is 2.66. The average molecular weight is 201 g/mol. The van der Waals surface area contributed by atoms with Crippen molar-refractivity contribution in [3.8, 4) is 11.8 Å². The van der Waals surface area contributed by atoms with Crippen molar-refractivity contribution in [1.29, 1.82) is 0 Å². The van der Waals surface area contributed by atoms with Crippen molar-refractivity contribution in [1.82, 2.24) is 15.0 Å². The van der Waals surface area contributed by atoms with Crippen LogP contribution in [0, 0.1) is 0 Å². The summed E-state index contributed by atoms with van der Waals surface area (Å²) in [6.45, 7) is 0. The van der Waals surface area contributed by atoms with Gasteiger partial charge in [-0.1, -0.05) is 18.2 Å². The molecule has 0 bridgehead atoms. The Hall–Kier alpha value is -2.30. The first kappa shape index (κ1) is 9.26. The van der Waals surface area contributed by atoms with E-state index in [0.29, 0.717) is 12.0 Å². The van der Waals surface area contributed by atoms with Crippen LogP contribution in [-0.2, 0) is 0 Å². The third-order valence-electron chi connectivity index (χ3n) is 1.63. The fourth-order valence-corrected chi connectivity index (χ4v) is 0.993. The molecule has 74 valence electrons. The Bertz CT molecular complexity index is 459. The van der Waals surface area contributed by atoms with Gasteiger partial charge in [0.15, 0.2) is 12.1 Å². The largest absolute Gasteiger partial charge is 0.424 e. The predicted octanol–water partition coefficient (Wildman–Crippen LogP) is 1.48. The molecule has 1 aromatic carbocycles. The van der Waals surface area contributed by atoms with Gasteiger partial charge in [-0.25, -0.2) is 4.98 Å². The molecule has 2 aromatic rings. The first-order chi connectivity index (χ1) is 7.38. The third kappa shape index (κ3) is 2.34. The number of carbonyl (C=O) groups is 1. The number of ether oxygens (including phenoxy) is 1. The van der Waals surface area contributed by atoms with Crippen LogP contribution in [0.5, 0.6) is 11.8 Å². The van der Waals surface area contributed by atoms with Gasteiger partial charge in [-0.05, 0) is 12.1 Å². The lowest BCUT2D eigenvalue weighted by molar-refractivity contribution is 0.111. The zero-order valence-corrected chi connectivity index (χ0v) is 7.70. The van der Waals surface area contributed by atoms with Crippen LogP contribution in [0.3, 0.4) is 0 Å². The van der Waals surface area contributed by atoms with Crippen LogP contribution in [-0.4, -0.2) is 21.2 Å². The minimum Gasteiger partial charge on any atom is -0.424 e. The molecule has 0 N–H and O–H groups in total. The molecular formula is C10H7N3O2. The molecule has 1 heterocycles. The summed E-state index contributed by atoms with van der Waals surface area (Å²) >= 11 is 0. The number of para-hydroxylation sites is 1.